The highest BCUT2D eigenvalue weighted by Crippen LogP contribution is 2.11. The van der Waals surface area contributed by atoms with E-state index in [2.05, 4.69) is 10.2 Å². The van der Waals surface area contributed by atoms with Gasteiger partial charge in [-0.05, 0) is 12.2 Å². The maximum atomic E-state index is 8.50. The van der Waals surface area contributed by atoms with Crippen molar-refractivity contribution in [2.75, 3.05) is 12.4 Å². The molecule has 0 saturated heterocycles. The molecule has 68 valence electrons. The molecule has 12 heavy (non-hydrogen) atoms. The Balaban J connectivity index is 2.15. The first-order valence-corrected chi connectivity index (χ1v) is 4.96. The average Bonchev–Trinajstić information content (AvgIpc) is 2.45. The molecule has 5 heteroatoms. The Bertz CT molecular complexity index is 227. The Kier molecular flexibility index (Phi) is 4.10. The van der Waals surface area contributed by atoms with Crippen molar-refractivity contribution in [3.63, 3.8) is 0 Å². The third-order valence-corrected chi connectivity index (χ3v) is 2.27. The number of thioether (sulfide) groups is 1. The van der Waals surface area contributed by atoms with E-state index in [0.717, 1.165) is 17.9 Å². The van der Waals surface area contributed by atoms with E-state index in [4.69, 9.17) is 9.52 Å². The van der Waals surface area contributed by atoms with Crippen molar-refractivity contribution in [3.05, 3.63) is 11.8 Å². The summed E-state index contributed by atoms with van der Waals surface area (Å²) in [7, 11) is 0. The lowest BCUT2D eigenvalue weighted by Gasteiger charge is -1.94. The highest BCUT2D eigenvalue weighted by Gasteiger charge is 2.00. The van der Waals surface area contributed by atoms with Crippen molar-refractivity contribution in [1.29, 1.82) is 0 Å². The van der Waals surface area contributed by atoms with E-state index >= 15 is 0 Å². The number of aryl methyl sites for hydroxylation is 1. The summed E-state index contributed by atoms with van der Waals surface area (Å²) in [6.45, 7) is 2.02. The summed E-state index contributed by atoms with van der Waals surface area (Å²) in [6, 6.07) is 0. The molecule has 0 amide bonds. The van der Waals surface area contributed by atoms with Crippen LogP contribution in [0.4, 0.5) is 0 Å². The number of hydrogen-bond acceptors (Lipinski definition) is 5. The Labute approximate surface area is 75.4 Å². The van der Waals surface area contributed by atoms with Crippen LogP contribution in [0.3, 0.4) is 0 Å². The monoisotopic (exact) mass is 188 g/mol. The maximum Gasteiger partial charge on any atom is 0.226 e. The molecule has 1 N–H and O–H groups in total. The minimum absolute atomic E-state index is 0.246. The first-order valence-electron chi connectivity index (χ1n) is 3.80. The molecule has 4 nitrogen and oxygen atoms in total. The van der Waals surface area contributed by atoms with Crippen LogP contribution in [0.15, 0.2) is 4.42 Å². The summed E-state index contributed by atoms with van der Waals surface area (Å²) in [4.78, 5) is 0. The highest BCUT2D eigenvalue weighted by molar-refractivity contribution is 7.98. The second-order valence-electron chi connectivity index (χ2n) is 2.34. The first kappa shape index (κ1) is 9.54. The zero-order valence-electron chi connectivity index (χ0n) is 6.99. The van der Waals surface area contributed by atoms with Crippen LogP contribution in [-0.4, -0.2) is 27.7 Å². The lowest BCUT2D eigenvalue weighted by Crippen LogP contribution is -1.87. The molecule has 0 aromatic carbocycles. The van der Waals surface area contributed by atoms with Crippen molar-refractivity contribution in [2.45, 2.75) is 19.1 Å². The number of nitrogens with zero attached hydrogens (tertiary/aromatic N) is 2. The van der Waals surface area contributed by atoms with Crippen LogP contribution < -0.4 is 0 Å². The van der Waals surface area contributed by atoms with Gasteiger partial charge in [-0.1, -0.05) is 0 Å². The molecule has 1 aromatic heterocycles. The van der Waals surface area contributed by atoms with Gasteiger partial charge in [0, 0.05) is 13.5 Å². The first-order chi connectivity index (χ1) is 5.83. The van der Waals surface area contributed by atoms with Gasteiger partial charge in [0.1, 0.15) is 0 Å². The van der Waals surface area contributed by atoms with E-state index in [9.17, 15) is 0 Å². The molecule has 1 heterocycles. The SMILES string of the molecule is Cc1nnc(CSCCCO)o1. The number of hydrogen-bond donors (Lipinski definition) is 1. The quantitative estimate of drug-likeness (QED) is 0.698. The summed E-state index contributed by atoms with van der Waals surface area (Å²) in [5.41, 5.74) is 0. The van der Waals surface area contributed by atoms with Crippen molar-refractivity contribution in [1.82, 2.24) is 10.2 Å². The zero-order chi connectivity index (χ0) is 8.81. The number of aromatic nitrogens is 2. The van der Waals surface area contributed by atoms with Crippen LogP contribution in [-0.2, 0) is 5.75 Å². The Morgan fingerprint density at radius 3 is 2.92 bits per heavy atom. The van der Waals surface area contributed by atoms with Crippen LogP contribution in [0, 0.1) is 6.92 Å². The average molecular weight is 188 g/mol. The predicted molar refractivity (Wildman–Crippen MR) is 46.9 cm³/mol. The van der Waals surface area contributed by atoms with Crippen molar-refractivity contribution < 1.29 is 9.52 Å². The summed E-state index contributed by atoms with van der Waals surface area (Å²) in [6.07, 6.45) is 0.817. The number of aliphatic hydroxyl groups is 1. The topological polar surface area (TPSA) is 59.2 Å². The van der Waals surface area contributed by atoms with E-state index in [-0.39, 0.29) is 6.61 Å². The van der Waals surface area contributed by atoms with Gasteiger partial charge in [0.15, 0.2) is 0 Å². The van der Waals surface area contributed by atoms with Gasteiger partial charge >= 0.3 is 0 Å². The molecule has 0 saturated carbocycles. The van der Waals surface area contributed by atoms with Gasteiger partial charge in [0.05, 0.1) is 5.75 Å². The third kappa shape index (κ3) is 3.23. The van der Waals surface area contributed by atoms with Gasteiger partial charge in [0.2, 0.25) is 11.8 Å². The summed E-state index contributed by atoms with van der Waals surface area (Å²) >= 11 is 1.69. The summed E-state index contributed by atoms with van der Waals surface area (Å²) in [5.74, 6) is 2.93. The minimum atomic E-state index is 0.246. The molecule has 0 spiro atoms. The third-order valence-electron chi connectivity index (χ3n) is 1.24. The molecule has 0 aliphatic heterocycles. The largest absolute Gasteiger partial charge is 0.425 e. The fourth-order valence-corrected chi connectivity index (χ4v) is 1.49. The van der Waals surface area contributed by atoms with Gasteiger partial charge in [-0.25, -0.2) is 0 Å². The van der Waals surface area contributed by atoms with Crippen molar-refractivity contribution in [2.24, 2.45) is 0 Å². The summed E-state index contributed by atoms with van der Waals surface area (Å²) in [5, 5.41) is 16.1. The lowest BCUT2D eigenvalue weighted by molar-refractivity contribution is 0.296. The van der Waals surface area contributed by atoms with E-state index in [1.54, 1.807) is 18.7 Å². The molecular formula is C7H12N2O2S. The second kappa shape index (κ2) is 5.16. The van der Waals surface area contributed by atoms with Gasteiger partial charge in [-0.15, -0.1) is 10.2 Å². The molecule has 1 rings (SSSR count). The minimum Gasteiger partial charge on any atom is -0.425 e. The summed E-state index contributed by atoms with van der Waals surface area (Å²) < 4.78 is 5.16. The zero-order valence-corrected chi connectivity index (χ0v) is 7.80. The fourth-order valence-electron chi connectivity index (χ4n) is 0.722. The van der Waals surface area contributed by atoms with E-state index < -0.39 is 0 Å². The van der Waals surface area contributed by atoms with Crippen LogP contribution in [0.25, 0.3) is 0 Å². The normalized spacial score (nSPS) is 10.5. The van der Waals surface area contributed by atoms with Gasteiger partial charge < -0.3 is 9.52 Å². The molecule has 0 atom stereocenters. The fraction of sp³-hybridized carbons (Fsp3) is 0.714. The van der Waals surface area contributed by atoms with Crippen LogP contribution >= 0.6 is 11.8 Å². The van der Waals surface area contributed by atoms with Crippen LogP contribution in [0.5, 0.6) is 0 Å². The molecule has 1 aromatic rings. The van der Waals surface area contributed by atoms with Gasteiger partial charge in [-0.2, -0.15) is 11.8 Å². The predicted octanol–water partition coefficient (Wildman–Crippen LogP) is 0.994. The van der Waals surface area contributed by atoms with Crippen molar-refractivity contribution >= 4 is 11.8 Å². The van der Waals surface area contributed by atoms with Crippen LogP contribution in [0.1, 0.15) is 18.2 Å². The van der Waals surface area contributed by atoms with Crippen LogP contribution in [0.2, 0.25) is 0 Å². The molecule has 0 radical (unpaired) electrons. The highest BCUT2D eigenvalue weighted by atomic mass is 32.2. The maximum absolute atomic E-state index is 8.50. The second-order valence-corrected chi connectivity index (χ2v) is 3.45. The number of aliphatic hydroxyl groups excluding tert-OH is 1. The molecule has 0 aliphatic rings. The van der Waals surface area contributed by atoms with E-state index in [0.29, 0.717) is 11.8 Å². The lowest BCUT2D eigenvalue weighted by atomic mass is 10.5. The Hall–Kier alpha value is -0.550. The molecular weight excluding hydrogens is 176 g/mol. The van der Waals surface area contributed by atoms with E-state index in [1.807, 2.05) is 0 Å². The smallest absolute Gasteiger partial charge is 0.226 e. The van der Waals surface area contributed by atoms with E-state index in [1.165, 1.54) is 0 Å². The molecule has 0 aliphatic carbocycles. The van der Waals surface area contributed by atoms with Gasteiger partial charge in [0.25, 0.3) is 0 Å². The standard InChI is InChI=1S/C7H12N2O2S/c1-6-8-9-7(11-6)5-12-4-2-3-10/h10H,2-5H2,1H3. The van der Waals surface area contributed by atoms with Gasteiger partial charge in [-0.3, -0.25) is 0 Å². The Morgan fingerprint density at radius 2 is 2.33 bits per heavy atom. The molecule has 0 fully saturated rings. The molecule has 0 unspecified atom stereocenters. The number of rotatable bonds is 5. The molecule has 0 bridgehead atoms. The Morgan fingerprint density at radius 1 is 1.50 bits per heavy atom. The van der Waals surface area contributed by atoms with Crippen molar-refractivity contribution in [3.8, 4) is 0 Å².